The van der Waals surface area contributed by atoms with Crippen molar-refractivity contribution in [2.75, 3.05) is 5.73 Å². The summed E-state index contributed by atoms with van der Waals surface area (Å²) in [7, 11) is 0. The number of amides is 1. The molecule has 0 saturated heterocycles. The molecule has 0 spiro atoms. The highest BCUT2D eigenvalue weighted by Crippen LogP contribution is 2.45. The van der Waals surface area contributed by atoms with Gasteiger partial charge in [0.25, 0.3) is 5.91 Å². The van der Waals surface area contributed by atoms with E-state index in [0.29, 0.717) is 11.3 Å². The van der Waals surface area contributed by atoms with Gasteiger partial charge in [-0.05, 0) is 48.3 Å². The number of nitrogens with two attached hydrogens (primary N) is 1. The zero-order valence-electron chi connectivity index (χ0n) is 13.4. The number of aromatic hydroxyl groups is 1. The van der Waals surface area contributed by atoms with E-state index >= 15 is 0 Å². The third-order valence-electron chi connectivity index (χ3n) is 4.17. The minimum absolute atomic E-state index is 0.0543. The van der Waals surface area contributed by atoms with Gasteiger partial charge in [-0.15, -0.1) is 0 Å². The van der Waals surface area contributed by atoms with E-state index in [1.54, 1.807) is 6.07 Å². The van der Waals surface area contributed by atoms with Crippen LogP contribution in [-0.2, 0) is 0 Å². The fourth-order valence-electron chi connectivity index (χ4n) is 3.95. The first kappa shape index (κ1) is 15.7. The second-order valence-corrected chi connectivity index (χ2v) is 7.86. The molecule has 116 valence electrons. The summed E-state index contributed by atoms with van der Waals surface area (Å²) in [5, 5.41) is 12.6. The van der Waals surface area contributed by atoms with Crippen LogP contribution in [-0.4, -0.2) is 17.1 Å². The van der Waals surface area contributed by atoms with Crippen molar-refractivity contribution in [3.63, 3.8) is 0 Å². The van der Waals surface area contributed by atoms with Crippen LogP contribution in [0.5, 0.6) is 5.75 Å². The fourth-order valence-corrected chi connectivity index (χ4v) is 3.95. The van der Waals surface area contributed by atoms with Gasteiger partial charge in [0.2, 0.25) is 0 Å². The Balaban J connectivity index is 2.14. The van der Waals surface area contributed by atoms with E-state index < -0.39 is 0 Å². The first-order valence-corrected chi connectivity index (χ1v) is 7.47. The van der Waals surface area contributed by atoms with E-state index in [1.165, 1.54) is 12.1 Å². The molecule has 2 rings (SSSR count). The average molecular weight is 290 g/mol. The highest BCUT2D eigenvalue weighted by atomic mass is 16.3. The van der Waals surface area contributed by atoms with Gasteiger partial charge in [-0.3, -0.25) is 4.79 Å². The van der Waals surface area contributed by atoms with Crippen LogP contribution in [0.2, 0.25) is 0 Å². The van der Waals surface area contributed by atoms with Crippen LogP contribution < -0.4 is 11.1 Å². The van der Waals surface area contributed by atoms with Crippen LogP contribution in [0.3, 0.4) is 0 Å². The van der Waals surface area contributed by atoms with Crippen LogP contribution in [0.25, 0.3) is 0 Å². The number of phenols is 1. The van der Waals surface area contributed by atoms with Crippen LogP contribution in [0.15, 0.2) is 18.2 Å². The number of hydrogen-bond donors (Lipinski definition) is 3. The maximum atomic E-state index is 12.4. The largest absolute Gasteiger partial charge is 0.508 e. The zero-order valence-corrected chi connectivity index (χ0v) is 13.4. The monoisotopic (exact) mass is 290 g/mol. The Morgan fingerprint density at radius 2 is 1.81 bits per heavy atom. The first-order chi connectivity index (χ1) is 9.58. The molecule has 1 amide bonds. The summed E-state index contributed by atoms with van der Waals surface area (Å²) in [6.07, 6.45) is 3.07. The summed E-state index contributed by atoms with van der Waals surface area (Å²) in [6.45, 7) is 8.98. The lowest BCUT2D eigenvalue weighted by molar-refractivity contribution is 0.0714. The van der Waals surface area contributed by atoms with Gasteiger partial charge in [-0.2, -0.15) is 0 Å². The molecule has 0 bridgehead atoms. The van der Waals surface area contributed by atoms with Gasteiger partial charge in [-0.25, -0.2) is 0 Å². The molecule has 1 aliphatic carbocycles. The maximum Gasteiger partial charge on any atom is 0.253 e. The van der Waals surface area contributed by atoms with E-state index in [1.807, 2.05) is 0 Å². The Hall–Kier alpha value is -1.71. The van der Waals surface area contributed by atoms with Crippen LogP contribution >= 0.6 is 0 Å². The molecule has 1 saturated carbocycles. The maximum absolute atomic E-state index is 12.4. The van der Waals surface area contributed by atoms with Gasteiger partial charge in [0.15, 0.2) is 0 Å². The molecule has 0 aliphatic heterocycles. The molecule has 1 fully saturated rings. The summed E-state index contributed by atoms with van der Waals surface area (Å²) in [6, 6.07) is 4.60. The molecule has 1 aromatic carbocycles. The van der Waals surface area contributed by atoms with E-state index in [2.05, 4.69) is 33.0 Å². The smallest absolute Gasteiger partial charge is 0.253 e. The first-order valence-electron chi connectivity index (χ1n) is 7.47. The summed E-state index contributed by atoms with van der Waals surface area (Å²) in [4.78, 5) is 12.4. The highest BCUT2D eigenvalue weighted by molar-refractivity contribution is 5.99. The van der Waals surface area contributed by atoms with Gasteiger partial charge < -0.3 is 16.2 Å². The number of hydrogen-bond acceptors (Lipinski definition) is 3. The molecule has 4 nitrogen and oxygen atoms in total. The molecule has 4 heteroatoms. The Kier molecular flexibility index (Phi) is 3.91. The van der Waals surface area contributed by atoms with Gasteiger partial charge in [0.05, 0.1) is 5.56 Å². The molecule has 0 atom stereocenters. The Morgan fingerprint density at radius 1 is 1.24 bits per heavy atom. The van der Waals surface area contributed by atoms with Crippen molar-refractivity contribution in [2.24, 2.45) is 10.8 Å². The molecule has 0 aromatic heterocycles. The van der Waals surface area contributed by atoms with Crippen LogP contribution in [0, 0.1) is 10.8 Å². The quantitative estimate of drug-likeness (QED) is 0.578. The molecule has 1 aliphatic rings. The van der Waals surface area contributed by atoms with Crippen molar-refractivity contribution in [1.82, 2.24) is 5.32 Å². The topological polar surface area (TPSA) is 75.3 Å². The van der Waals surface area contributed by atoms with Gasteiger partial charge in [0, 0.05) is 11.7 Å². The van der Waals surface area contributed by atoms with Crippen LogP contribution in [0.4, 0.5) is 5.69 Å². The molecule has 21 heavy (non-hydrogen) atoms. The molecule has 0 radical (unpaired) electrons. The minimum atomic E-state index is -0.207. The van der Waals surface area contributed by atoms with Crippen molar-refractivity contribution in [1.29, 1.82) is 0 Å². The minimum Gasteiger partial charge on any atom is -0.508 e. The van der Waals surface area contributed by atoms with Crippen molar-refractivity contribution in [3.05, 3.63) is 23.8 Å². The van der Waals surface area contributed by atoms with Crippen molar-refractivity contribution < 1.29 is 9.90 Å². The normalized spacial score (nSPS) is 21.0. The third-order valence-corrected chi connectivity index (χ3v) is 4.17. The zero-order chi connectivity index (χ0) is 15.8. The number of carbonyl (C=O) groups excluding carboxylic acids is 1. The summed E-state index contributed by atoms with van der Waals surface area (Å²) in [5.74, 6) is -0.152. The average Bonchev–Trinajstić information content (AvgIpc) is 2.27. The summed E-state index contributed by atoms with van der Waals surface area (Å²) >= 11 is 0. The number of carbonyl (C=O) groups is 1. The van der Waals surface area contributed by atoms with E-state index in [-0.39, 0.29) is 28.5 Å². The molecule has 4 N–H and O–H groups in total. The van der Waals surface area contributed by atoms with Gasteiger partial charge >= 0.3 is 0 Å². The van der Waals surface area contributed by atoms with Crippen molar-refractivity contribution >= 4 is 11.6 Å². The SMILES string of the molecule is CC1(C)CC(NC(=O)c2cc(O)ccc2N)CC(C)(C)C1. The highest BCUT2D eigenvalue weighted by Gasteiger charge is 2.39. The van der Waals surface area contributed by atoms with E-state index in [9.17, 15) is 9.90 Å². The lowest BCUT2D eigenvalue weighted by atomic mass is 9.63. The number of rotatable bonds is 2. The predicted molar refractivity (Wildman–Crippen MR) is 85.2 cm³/mol. The number of nitrogens with one attached hydrogen (secondary N) is 1. The lowest BCUT2D eigenvalue weighted by Crippen LogP contribution is -2.46. The number of benzene rings is 1. The van der Waals surface area contributed by atoms with E-state index in [4.69, 9.17) is 5.73 Å². The van der Waals surface area contributed by atoms with Gasteiger partial charge in [0.1, 0.15) is 5.75 Å². The number of anilines is 1. The Labute approximate surface area is 126 Å². The third kappa shape index (κ3) is 3.90. The summed E-state index contributed by atoms with van der Waals surface area (Å²) < 4.78 is 0. The number of nitrogen functional groups attached to an aromatic ring is 1. The molecule has 0 unspecified atom stereocenters. The second kappa shape index (κ2) is 5.24. The van der Waals surface area contributed by atoms with Crippen molar-refractivity contribution in [3.8, 4) is 5.75 Å². The van der Waals surface area contributed by atoms with Gasteiger partial charge in [-0.1, -0.05) is 27.7 Å². The standard InChI is InChI=1S/C17H26N2O2/c1-16(2)8-11(9-17(3,4)10-16)19-15(21)13-7-12(20)5-6-14(13)18/h5-7,11,20H,8-10,18H2,1-4H3,(H,19,21). The van der Waals surface area contributed by atoms with E-state index in [0.717, 1.165) is 19.3 Å². The van der Waals surface area contributed by atoms with Crippen LogP contribution in [0.1, 0.15) is 57.3 Å². The lowest BCUT2D eigenvalue weighted by Gasteiger charge is -2.45. The number of phenolic OH excluding ortho intramolecular Hbond substituents is 1. The summed E-state index contributed by atoms with van der Waals surface area (Å²) in [5.41, 5.74) is 6.99. The predicted octanol–water partition coefficient (Wildman–Crippen LogP) is 3.31. The Morgan fingerprint density at radius 3 is 2.38 bits per heavy atom. The molecule has 1 aromatic rings. The molecular formula is C17H26N2O2. The van der Waals surface area contributed by atoms with Crippen molar-refractivity contribution in [2.45, 2.75) is 53.0 Å². The fraction of sp³-hybridized carbons (Fsp3) is 0.588. The molecular weight excluding hydrogens is 264 g/mol. The second-order valence-electron chi connectivity index (χ2n) is 7.86. The Bertz CT molecular complexity index is 534. The molecule has 0 heterocycles.